The highest BCUT2D eigenvalue weighted by molar-refractivity contribution is 7.07. The summed E-state index contributed by atoms with van der Waals surface area (Å²) in [4.78, 5) is 21.2. The number of carboxylic acid groups (broad SMARTS) is 1. The average molecular weight is 267 g/mol. The first kappa shape index (κ1) is 13.5. The highest BCUT2D eigenvalue weighted by Gasteiger charge is 2.40. The van der Waals surface area contributed by atoms with Crippen LogP contribution in [-0.2, 0) is 9.59 Å². The van der Waals surface area contributed by atoms with Gasteiger partial charge in [-0.25, -0.2) is 0 Å². The first-order valence-corrected chi connectivity index (χ1v) is 5.36. The van der Waals surface area contributed by atoms with Crippen molar-refractivity contribution < 1.29 is 27.9 Å². The van der Waals surface area contributed by atoms with Crippen molar-refractivity contribution in [2.75, 3.05) is 0 Å². The molecule has 0 unspecified atom stereocenters. The second-order valence-electron chi connectivity index (χ2n) is 3.18. The third kappa shape index (κ3) is 4.06. The van der Waals surface area contributed by atoms with Crippen molar-refractivity contribution >= 4 is 23.2 Å². The Hall–Kier alpha value is -1.57. The van der Waals surface area contributed by atoms with Gasteiger partial charge in [-0.15, -0.1) is 0 Å². The zero-order valence-corrected chi connectivity index (χ0v) is 9.14. The standard InChI is InChI=1S/C9H8F3NO3S/c10-9(11,12)8(16)13-6(3-7(14)15)5-1-2-17-4-5/h1-2,4,6H,3H2,(H,13,16)(H,14,15)/t6-/m0/s1. The van der Waals surface area contributed by atoms with E-state index in [1.54, 1.807) is 10.7 Å². The molecule has 1 rings (SSSR count). The lowest BCUT2D eigenvalue weighted by molar-refractivity contribution is -0.174. The van der Waals surface area contributed by atoms with Crippen LogP contribution in [0, 0.1) is 0 Å². The van der Waals surface area contributed by atoms with Crippen LogP contribution in [0.4, 0.5) is 13.2 Å². The van der Waals surface area contributed by atoms with Gasteiger partial charge >= 0.3 is 18.1 Å². The second-order valence-corrected chi connectivity index (χ2v) is 3.96. The lowest BCUT2D eigenvalue weighted by Gasteiger charge is -2.16. The summed E-state index contributed by atoms with van der Waals surface area (Å²) in [5.74, 6) is -3.43. The fourth-order valence-electron chi connectivity index (χ4n) is 1.14. The zero-order chi connectivity index (χ0) is 13.1. The molecule has 0 radical (unpaired) electrons. The number of carbonyl (C=O) groups excluding carboxylic acids is 1. The Kier molecular flexibility index (Phi) is 4.11. The van der Waals surface area contributed by atoms with E-state index in [-0.39, 0.29) is 0 Å². The summed E-state index contributed by atoms with van der Waals surface area (Å²) in [6.45, 7) is 0. The van der Waals surface area contributed by atoms with E-state index in [4.69, 9.17) is 5.11 Å². The number of carbonyl (C=O) groups is 2. The molecule has 1 amide bonds. The number of halogens is 3. The van der Waals surface area contributed by atoms with Crippen LogP contribution >= 0.6 is 11.3 Å². The van der Waals surface area contributed by atoms with Crippen molar-refractivity contribution in [3.8, 4) is 0 Å². The van der Waals surface area contributed by atoms with Crippen molar-refractivity contribution in [2.24, 2.45) is 0 Å². The molecular formula is C9H8F3NO3S. The second kappa shape index (κ2) is 5.17. The van der Waals surface area contributed by atoms with Gasteiger partial charge in [-0.2, -0.15) is 24.5 Å². The van der Waals surface area contributed by atoms with Crippen molar-refractivity contribution in [1.82, 2.24) is 5.32 Å². The molecule has 1 heterocycles. The number of hydrogen-bond donors (Lipinski definition) is 2. The van der Waals surface area contributed by atoms with E-state index in [1.165, 1.54) is 22.8 Å². The summed E-state index contributed by atoms with van der Waals surface area (Å²) < 4.78 is 36.1. The molecule has 8 heteroatoms. The number of carboxylic acids is 1. The lowest BCUT2D eigenvalue weighted by atomic mass is 10.1. The molecule has 0 aromatic carbocycles. The minimum absolute atomic E-state index is 0.343. The van der Waals surface area contributed by atoms with Crippen LogP contribution in [0.3, 0.4) is 0 Å². The molecular weight excluding hydrogens is 259 g/mol. The number of thiophene rings is 1. The molecule has 94 valence electrons. The SMILES string of the molecule is O=C(O)C[C@H](NC(=O)C(F)(F)F)c1ccsc1. The molecule has 0 saturated carbocycles. The van der Waals surface area contributed by atoms with E-state index >= 15 is 0 Å². The van der Waals surface area contributed by atoms with Gasteiger partial charge in [0.05, 0.1) is 12.5 Å². The van der Waals surface area contributed by atoms with E-state index in [0.717, 1.165) is 0 Å². The first-order valence-electron chi connectivity index (χ1n) is 4.42. The maximum atomic E-state index is 12.0. The first-order chi connectivity index (χ1) is 7.80. The summed E-state index contributed by atoms with van der Waals surface area (Å²) in [6, 6.07) is 0.294. The van der Waals surface area contributed by atoms with Gasteiger partial charge in [0.1, 0.15) is 0 Å². The molecule has 0 bridgehead atoms. The average Bonchev–Trinajstić information content (AvgIpc) is 2.66. The van der Waals surface area contributed by atoms with Gasteiger partial charge in [-0.05, 0) is 22.4 Å². The smallest absolute Gasteiger partial charge is 0.471 e. The summed E-state index contributed by atoms with van der Waals surface area (Å²) in [5.41, 5.74) is 0.343. The Balaban J connectivity index is 2.79. The van der Waals surface area contributed by atoms with Crippen LogP contribution < -0.4 is 5.32 Å². The molecule has 0 spiro atoms. The fourth-order valence-corrected chi connectivity index (χ4v) is 1.85. The highest BCUT2D eigenvalue weighted by Crippen LogP contribution is 2.22. The van der Waals surface area contributed by atoms with Gasteiger partial charge in [0.25, 0.3) is 0 Å². The Bertz CT molecular complexity index is 402. The molecule has 1 aromatic heterocycles. The van der Waals surface area contributed by atoms with Crippen LogP contribution in [0.5, 0.6) is 0 Å². The fraction of sp³-hybridized carbons (Fsp3) is 0.333. The molecule has 2 N–H and O–H groups in total. The maximum absolute atomic E-state index is 12.0. The third-order valence-electron chi connectivity index (χ3n) is 1.89. The number of amides is 1. The highest BCUT2D eigenvalue weighted by atomic mass is 32.1. The predicted octanol–water partition coefficient (Wildman–Crippen LogP) is 1.94. The maximum Gasteiger partial charge on any atom is 0.471 e. The zero-order valence-electron chi connectivity index (χ0n) is 8.32. The summed E-state index contributed by atoms with van der Waals surface area (Å²) in [5, 5.41) is 13.3. The van der Waals surface area contributed by atoms with Gasteiger partial charge in [-0.1, -0.05) is 0 Å². The van der Waals surface area contributed by atoms with Crippen LogP contribution in [-0.4, -0.2) is 23.2 Å². The van der Waals surface area contributed by atoms with Crippen LogP contribution in [0.15, 0.2) is 16.8 Å². The molecule has 0 aliphatic carbocycles. The topological polar surface area (TPSA) is 66.4 Å². The Morgan fingerprint density at radius 3 is 2.53 bits per heavy atom. The van der Waals surface area contributed by atoms with Crippen LogP contribution in [0.2, 0.25) is 0 Å². The monoisotopic (exact) mass is 267 g/mol. The van der Waals surface area contributed by atoms with E-state index in [9.17, 15) is 22.8 Å². The largest absolute Gasteiger partial charge is 0.481 e. The number of nitrogens with one attached hydrogen (secondary N) is 1. The minimum Gasteiger partial charge on any atom is -0.481 e. The summed E-state index contributed by atoms with van der Waals surface area (Å²) in [7, 11) is 0. The van der Waals surface area contributed by atoms with Gasteiger partial charge < -0.3 is 10.4 Å². The van der Waals surface area contributed by atoms with Gasteiger partial charge in [0.2, 0.25) is 0 Å². The Morgan fingerprint density at radius 2 is 2.12 bits per heavy atom. The third-order valence-corrected chi connectivity index (χ3v) is 2.59. The summed E-state index contributed by atoms with van der Waals surface area (Å²) >= 11 is 1.20. The minimum atomic E-state index is -5.02. The molecule has 17 heavy (non-hydrogen) atoms. The number of hydrogen-bond acceptors (Lipinski definition) is 3. The molecule has 1 aromatic rings. The number of aliphatic carboxylic acids is 1. The predicted molar refractivity (Wildman–Crippen MR) is 53.5 cm³/mol. The van der Waals surface area contributed by atoms with Gasteiger partial charge in [-0.3, -0.25) is 9.59 Å². The molecule has 4 nitrogen and oxygen atoms in total. The normalized spacial score (nSPS) is 13.1. The van der Waals surface area contributed by atoms with Crippen molar-refractivity contribution in [2.45, 2.75) is 18.6 Å². The lowest BCUT2D eigenvalue weighted by Crippen LogP contribution is -2.39. The van der Waals surface area contributed by atoms with E-state index in [1.807, 2.05) is 0 Å². The molecule has 0 aliphatic rings. The van der Waals surface area contributed by atoms with Crippen LogP contribution in [0.1, 0.15) is 18.0 Å². The van der Waals surface area contributed by atoms with Gasteiger partial charge in [0.15, 0.2) is 0 Å². The molecule has 0 fully saturated rings. The van der Waals surface area contributed by atoms with Crippen molar-refractivity contribution in [3.05, 3.63) is 22.4 Å². The molecule has 1 atom stereocenters. The number of rotatable bonds is 4. The van der Waals surface area contributed by atoms with E-state index in [2.05, 4.69) is 0 Å². The molecule has 0 aliphatic heterocycles. The van der Waals surface area contributed by atoms with Crippen molar-refractivity contribution in [1.29, 1.82) is 0 Å². The Morgan fingerprint density at radius 1 is 1.47 bits per heavy atom. The molecule has 0 saturated heterocycles. The Labute approximate surface area is 98.1 Å². The van der Waals surface area contributed by atoms with Crippen molar-refractivity contribution in [3.63, 3.8) is 0 Å². The van der Waals surface area contributed by atoms with E-state index in [0.29, 0.717) is 5.56 Å². The summed E-state index contributed by atoms with van der Waals surface area (Å²) in [6.07, 6.45) is -5.62. The van der Waals surface area contributed by atoms with Gasteiger partial charge in [0, 0.05) is 0 Å². The number of alkyl halides is 3. The van der Waals surface area contributed by atoms with E-state index < -0.39 is 30.5 Å². The quantitative estimate of drug-likeness (QED) is 0.876. The van der Waals surface area contributed by atoms with Crippen LogP contribution in [0.25, 0.3) is 0 Å².